The van der Waals surface area contributed by atoms with Crippen molar-refractivity contribution in [3.63, 3.8) is 0 Å². The van der Waals surface area contributed by atoms with Gasteiger partial charge in [-0.25, -0.2) is 9.78 Å². The van der Waals surface area contributed by atoms with Crippen molar-refractivity contribution < 1.29 is 18.7 Å². The summed E-state index contributed by atoms with van der Waals surface area (Å²) in [5.74, 6) is -4.93. The fourth-order valence-electron chi connectivity index (χ4n) is 1.93. The molecular weight excluding hydrogens is 254 g/mol. The molecule has 102 valence electrons. The number of aryl methyl sites for hydroxylation is 3. The van der Waals surface area contributed by atoms with Crippen LogP contribution in [0.15, 0.2) is 18.2 Å². The monoisotopic (exact) mass is 268 g/mol. The molecule has 0 radical (unpaired) electrons. The number of imidazole rings is 1. The maximum Gasteiger partial charge on any atom is 0.374 e. The zero-order valence-corrected chi connectivity index (χ0v) is 10.7. The number of benzene rings is 1. The molecule has 0 aliphatic carbocycles. The Balaban J connectivity index is 2.21. The predicted molar refractivity (Wildman–Crippen MR) is 66.4 cm³/mol. The molecule has 0 aliphatic rings. The number of carbonyl (C=O) groups is 1. The molecule has 2 aromatic rings. The number of rotatable bonds is 4. The number of hydrogen-bond acceptors (Lipinski definition) is 2. The van der Waals surface area contributed by atoms with Gasteiger partial charge in [-0.1, -0.05) is 6.07 Å². The number of fused-ring (bicyclic) bond motifs is 1. The van der Waals surface area contributed by atoms with Gasteiger partial charge >= 0.3 is 11.9 Å². The predicted octanol–water partition coefficient (Wildman–Crippen LogP) is 2.53. The first-order valence-corrected chi connectivity index (χ1v) is 5.84. The zero-order valence-electron chi connectivity index (χ0n) is 10.7. The Hall–Kier alpha value is -1.98. The van der Waals surface area contributed by atoms with Crippen LogP contribution in [-0.2, 0) is 18.3 Å². The molecule has 1 N–H and O–H groups in total. The molecule has 0 amide bonds. The van der Waals surface area contributed by atoms with Gasteiger partial charge in [0.2, 0.25) is 0 Å². The molecule has 0 aliphatic heterocycles. The van der Waals surface area contributed by atoms with Crippen LogP contribution in [0, 0.1) is 6.92 Å². The van der Waals surface area contributed by atoms with Gasteiger partial charge in [0.15, 0.2) is 0 Å². The Morgan fingerprint density at radius 1 is 1.47 bits per heavy atom. The first-order valence-electron chi connectivity index (χ1n) is 5.84. The third kappa shape index (κ3) is 2.57. The minimum atomic E-state index is -3.69. The van der Waals surface area contributed by atoms with Crippen molar-refractivity contribution in [1.29, 1.82) is 0 Å². The van der Waals surface area contributed by atoms with Crippen LogP contribution in [0.1, 0.15) is 17.8 Å². The van der Waals surface area contributed by atoms with E-state index in [9.17, 15) is 13.6 Å². The van der Waals surface area contributed by atoms with Gasteiger partial charge in [-0.2, -0.15) is 8.78 Å². The molecule has 0 unspecified atom stereocenters. The lowest BCUT2D eigenvalue weighted by molar-refractivity contribution is -0.165. The van der Waals surface area contributed by atoms with Crippen molar-refractivity contribution in [2.75, 3.05) is 0 Å². The standard InChI is InChI=1S/C13H14F2N2O2/c1-8-16-10-7-9(3-4-11(10)17(8)2)5-6-13(14,15)12(18)19/h3-4,7H,5-6H2,1-2H3,(H,18,19). The number of halogens is 2. The first kappa shape index (κ1) is 13.5. The van der Waals surface area contributed by atoms with Gasteiger partial charge in [-0.05, 0) is 31.0 Å². The third-order valence-corrected chi connectivity index (χ3v) is 3.21. The molecule has 19 heavy (non-hydrogen) atoms. The van der Waals surface area contributed by atoms with E-state index in [1.54, 1.807) is 12.1 Å². The van der Waals surface area contributed by atoms with E-state index >= 15 is 0 Å². The lowest BCUT2D eigenvalue weighted by Crippen LogP contribution is -2.28. The summed E-state index contributed by atoms with van der Waals surface area (Å²) in [5.41, 5.74) is 2.31. The average molecular weight is 268 g/mol. The summed E-state index contributed by atoms with van der Waals surface area (Å²) in [7, 11) is 1.88. The molecule has 1 aromatic heterocycles. The molecular formula is C13H14F2N2O2. The topological polar surface area (TPSA) is 55.1 Å². The summed E-state index contributed by atoms with van der Waals surface area (Å²) in [5, 5.41) is 8.37. The highest BCUT2D eigenvalue weighted by molar-refractivity contribution is 5.77. The van der Waals surface area contributed by atoms with Crippen molar-refractivity contribution >= 4 is 17.0 Å². The van der Waals surface area contributed by atoms with Crippen molar-refractivity contribution in [3.05, 3.63) is 29.6 Å². The van der Waals surface area contributed by atoms with E-state index in [-0.39, 0.29) is 6.42 Å². The van der Waals surface area contributed by atoms with Gasteiger partial charge in [0, 0.05) is 13.5 Å². The van der Waals surface area contributed by atoms with E-state index in [1.807, 2.05) is 24.6 Å². The third-order valence-electron chi connectivity index (χ3n) is 3.21. The Morgan fingerprint density at radius 3 is 2.79 bits per heavy atom. The van der Waals surface area contributed by atoms with Crippen LogP contribution in [-0.4, -0.2) is 26.5 Å². The molecule has 4 nitrogen and oxygen atoms in total. The van der Waals surface area contributed by atoms with E-state index in [4.69, 9.17) is 5.11 Å². The van der Waals surface area contributed by atoms with Crippen LogP contribution in [0.3, 0.4) is 0 Å². The summed E-state index contributed by atoms with van der Waals surface area (Å²) in [4.78, 5) is 14.6. The number of hydrogen-bond donors (Lipinski definition) is 1. The van der Waals surface area contributed by atoms with Crippen LogP contribution in [0.2, 0.25) is 0 Å². The molecule has 2 rings (SSSR count). The molecule has 0 saturated heterocycles. The summed E-state index contributed by atoms with van der Waals surface area (Å²) in [6.07, 6.45) is -0.704. The molecule has 1 aromatic carbocycles. The zero-order chi connectivity index (χ0) is 14.2. The van der Waals surface area contributed by atoms with Gasteiger partial charge in [-0.15, -0.1) is 0 Å². The van der Waals surface area contributed by atoms with Crippen LogP contribution in [0.4, 0.5) is 8.78 Å². The minimum absolute atomic E-state index is 0.00482. The van der Waals surface area contributed by atoms with E-state index < -0.39 is 18.3 Å². The van der Waals surface area contributed by atoms with Crippen molar-refractivity contribution in [2.45, 2.75) is 25.7 Å². The maximum absolute atomic E-state index is 13.0. The summed E-state index contributed by atoms with van der Waals surface area (Å²) in [6.45, 7) is 1.86. The Labute approximate surface area is 108 Å². The Morgan fingerprint density at radius 2 is 2.16 bits per heavy atom. The number of aromatic nitrogens is 2. The fraction of sp³-hybridized carbons (Fsp3) is 0.385. The second-order valence-electron chi connectivity index (χ2n) is 4.55. The van der Waals surface area contributed by atoms with Gasteiger partial charge in [0.1, 0.15) is 5.82 Å². The largest absolute Gasteiger partial charge is 0.477 e. The highest BCUT2D eigenvalue weighted by Crippen LogP contribution is 2.23. The summed E-state index contributed by atoms with van der Waals surface area (Å²) < 4.78 is 27.9. The molecule has 0 bridgehead atoms. The Bertz CT molecular complexity index is 635. The quantitative estimate of drug-likeness (QED) is 0.927. The first-order chi connectivity index (χ1) is 8.81. The lowest BCUT2D eigenvalue weighted by atomic mass is 10.1. The highest BCUT2D eigenvalue weighted by Gasteiger charge is 2.37. The van der Waals surface area contributed by atoms with E-state index in [0.717, 1.165) is 16.9 Å². The van der Waals surface area contributed by atoms with Gasteiger partial charge in [-0.3, -0.25) is 0 Å². The minimum Gasteiger partial charge on any atom is -0.477 e. The Kier molecular flexibility index (Phi) is 3.26. The molecule has 0 fully saturated rings. The number of carboxylic acid groups (broad SMARTS) is 1. The SMILES string of the molecule is Cc1nc2cc(CCC(F)(F)C(=O)O)ccc2n1C. The van der Waals surface area contributed by atoms with Crippen LogP contribution in [0.25, 0.3) is 11.0 Å². The maximum atomic E-state index is 13.0. The second-order valence-corrected chi connectivity index (χ2v) is 4.55. The number of nitrogens with zero attached hydrogens (tertiary/aromatic N) is 2. The van der Waals surface area contributed by atoms with Crippen molar-refractivity contribution in [3.8, 4) is 0 Å². The van der Waals surface area contributed by atoms with Gasteiger partial charge in [0.25, 0.3) is 0 Å². The van der Waals surface area contributed by atoms with Crippen LogP contribution < -0.4 is 0 Å². The number of aliphatic carboxylic acids is 1. The lowest BCUT2D eigenvalue weighted by Gasteiger charge is -2.10. The summed E-state index contributed by atoms with van der Waals surface area (Å²) in [6, 6.07) is 5.26. The molecule has 6 heteroatoms. The highest BCUT2D eigenvalue weighted by atomic mass is 19.3. The number of carboxylic acids is 1. The average Bonchev–Trinajstić information content (AvgIpc) is 2.62. The van der Waals surface area contributed by atoms with Crippen molar-refractivity contribution in [2.24, 2.45) is 7.05 Å². The van der Waals surface area contributed by atoms with Crippen LogP contribution in [0.5, 0.6) is 0 Å². The van der Waals surface area contributed by atoms with Gasteiger partial charge in [0.05, 0.1) is 11.0 Å². The smallest absolute Gasteiger partial charge is 0.374 e. The molecule has 0 atom stereocenters. The van der Waals surface area contributed by atoms with Crippen LogP contribution >= 0.6 is 0 Å². The molecule has 0 spiro atoms. The van der Waals surface area contributed by atoms with E-state index in [1.165, 1.54) is 0 Å². The molecule has 1 heterocycles. The second kappa shape index (κ2) is 4.60. The van der Waals surface area contributed by atoms with E-state index in [2.05, 4.69) is 4.98 Å². The molecule has 0 saturated carbocycles. The normalized spacial score (nSPS) is 12.0. The number of alkyl halides is 2. The fourth-order valence-corrected chi connectivity index (χ4v) is 1.93. The van der Waals surface area contributed by atoms with Gasteiger partial charge < -0.3 is 9.67 Å². The van der Waals surface area contributed by atoms with E-state index in [0.29, 0.717) is 5.56 Å². The van der Waals surface area contributed by atoms with Crippen molar-refractivity contribution in [1.82, 2.24) is 9.55 Å². The summed E-state index contributed by atoms with van der Waals surface area (Å²) >= 11 is 0.